The molecule has 1 heterocycles. The van der Waals surface area contributed by atoms with Gasteiger partial charge in [-0.1, -0.05) is 48.0 Å². The summed E-state index contributed by atoms with van der Waals surface area (Å²) in [6.45, 7) is 2.80. The molecule has 0 spiro atoms. The first-order valence-corrected chi connectivity index (χ1v) is 5.82. The summed E-state index contributed by atoms with van der Waals surface area (Å²) in [5.74, 6) is 0.981. The lowest BCUT2D eigenvalue weighted by molar-refractivity contribution is 0.287. The van der Waals surface area contributed by atoms with Gasteiger partial charge >= 0.3 is 0 Å². The zero-order valence-corrected chi connectivity index (χ0v) is 9.81. The standard InChI is InChI=1S/C16H14O/c1-12-7-8-14-11-17-16(15(14)9-12)10-13-5-3-2-4-6-13/h2-10H,11H2,1H3/b16-10-. The van der Waals surface area contributed by atoms with Crippen LogP contribution in [0.1, 0.15) is 22.3 Å². The van der Waals surface area contributed by atoms with Crippen LogP contribution in [-0.4, -0.2) is 0 Å². The van der Waals surface area contributed by atoms with Gasteiger partial charge in [0.1, 0.15) is 12.4 Å². The molecule has 0 saturated carbocycles. The van der Waals surface area contributed by atoms with Crippen LogP contribution in [-0.2, 0) is 11.3 Å². The summed E-state index contributed by atoms with van der Waals surface area (Å²) >= 11 is 0. The molecule has 0 unspecified atom stereocenters. The van der Waals surface area contributed by atoms with Crippen LogP contribution < -0.4 is 0 Å². The molecule has 1 aliphatic rings. The highest BCUT2D eigenvalue weighted by Gasteiger charge is 2.17. The maximum absolute atomic E-state index is 5.74. The Labute approximate surface area is 101 Å². The van der Waals surface area contributed by atoms with Gasteiger partial charge in [-0.15, -0.1) is 0 Å². The first-order chi connectivity index (χ1) is 8.33. The molecular weight excluding hydrogens is 208 g/mol. The van der Waals surface area contributed by atoms with Crippen LogP contribution in [0.3, 0.4) is 0 Å². The zero-order chi connectivity index (χ0) is 11.7. The van der Waals surface area contributed by atoms with Crippen molar-refractivity contribution in [3.05, 3.63) is 70.8 Å². The second kappa shape index (κ2) is 4.10. The molecule has 0 N–H and O–H groups in total. The van der Waals surface area contributed by atoms with E-state index in [0.717, 1.165) is 5.76 Å². The smallest absolute Gasteiger partial charge is 0.128 e. The van der Waals surface area contributed by atoms with Crippen molar-refractivity contribution >= 4 is 11.8 Å². The van der Waals surface area contributed by atoms with E-state index < -0.39 is 0 Å². The van der Waals surface area contributed by atoms with Gasteiger partial charge in [-0.05, 0) is 24.6 Å². The normalized spacial score (nSPS) is 15.7. The highest BCUT2D eigenvalue weighted by molar-refractivity contribution is 5.80. The second-order valence-electron chi connectivity index (χ2n) is 4.37. The number of hydrogen-bond donors (Lipinski definition) is 0. The Kier molecular flexibility index (Phi) is 2.45. The van der Waals surface area contributed by atoms with Crippen LogP contribution >= 0.6 is 0 Å². The van der Waals surface area contributed by atoms with Crippen LogP contribution in [0.5, 0.6) is 0 Å². The Balaban J connectivity index is 2.04. The molecule has 2 aromatic carbocycles. The zero-order valence-electron chi connectivity index (χ0n) is 9.81. The molecule has 0 radical (unpaired) electrons. The van der Waals surface area contributed by atoms with Crippen molar-refractivity contribution in [1.82, 2.24) is 0 Å². The molecule has 84 valence electrons. The van der Waals surface area contributed by atoms with Crippen molar-refractivity contribution in [2.24, 2.45) is 0 Å². The molecule has 0 atom stereocenters. The van der Waals surface area contributed by atoms with Gasteiger partial charge in [-0.25, -0.2) is 0 Å². The van der Waals surface area contributed by atoms with E-state index in [0.29, 0.717) is 6.61 Å². The third kappa shape index (κ3) is 1.96. The van der Waals surface area contributed by atoms with E-state index in [9.17, 15) is 0 Å². The van der Waals surface area contributed by atoms with Crippen molar-refractivity contribution in [2.75, 3.05) is 0 Å². The summed E-state index contributed by atoms with van der Waals surface area (Å²) in [4.78, 5) is 0. The molecule has 0 amide bonds. The third-order valence-corrected chi connectivity index (χ3v) is 3.01. The van der Waals surface area contributed by atoms with Crippen molar-refractivity contribution in [3.8, 4) is 0 Å². The van der Waals surface area contributed by atoms with Gasteiger partial charge in [-0.2, -0.15) is 0 Å². The predicted molar refractivity (Wildman–Crippen MR) is 70.3 cm³/mol. The van der Waals surface area contributed by atoms with E-state index in [1.165, 1.54) is 22.3 Å². The molecule has 0 aliphatic carbocycles. The van der Waals surface area contributed by atoms with Gasteiger partial charge in [0.15, 0.2) is 0 Å². The predicted octanol–water partition coefficient (Wildman–Crippen LogP) is 4.02. The van der Waals surface area contributed by atoms with Gasteiger partial charge in [0.2, 0.25) is 0 Å². The molecule has 0 saturated heterocycles. The summed E-state index contributed by atoms with van der Waals surface area (Å²) in [6.07, 6.45) is 2.10. The fourth-order valence-electron chi connectivity index (χ4n) is 2.10. The number of aryl methyl sites for hydroxylation is 1. The minimum absolute atomic E-state index is 0.689. The highest BCUT2D eigenvalue weighted by Crippen LogP contribution is 2.31. The van der Waals surface area contributed by atoms with Crippen LogP contribution in [0.25, 0.3) is 11.8 Å². The maximum atomic E-state index is 5.74. The quantitative estimate of drug-likeness (QED) is 0.708. The van der Waals surface area contributed by atoms with Crippen molar-refractivity contribution in [3.63, 3.8) is 0 Å². The van der Waals surface area contributed by atoms with Crippen LogP contribution in [0.2, 0.25) is 0 Å². The Morgan fingerprint density at radius 3 is 2.71 bits per heavy atom. The van der Waals surface area contributed by atoms with E-state index in [1.807, 2.05) is 18.2 Å². The molecule has 0 bridgehead atoms. The number of ether oxygens (including phenoxy) is 1. The maximum Gasteiger partial charge on any atom is 0.128 e. The first kappa shape index (κ1) is 10.2. The number of fused-ring (bicyclic) bond motifs is 1. The molecule has 2 aromatic rings. The largest absolute Gasteiger partial charge is 0.488 e. The van der Waals surface area contributed by atoms with Crippen LogP contribution in [0.4, 0.5) is 0 Å². The van der Waals surface area contributed by atoms with E-state index in [-0.39, 0.29) is 0 Å². The molecule has 0 fully saturated rings. The number of hydrogen-bond acceptors (Lipinski definition) is 1. The fourth-order valence-corrected chi connectivity index (χ4v) is 2.10. The summed E-state index contributed by atoms with van der Waals surface area (Å²) in [5, 5.41) is 0. The van der Waals surface area contributed by atoms with Gasteiger partial charge < -0.3 is 4.74 Å². The summed E-state index contributed by atoms with van der Waals surface area (Å²) in [7, 11) is 0. The molecule has 3 rings (SSSR count). The van der Waals surface area contributed by atoms with Crippen molar-refractivity contribution < 1.29 is 4.74 Å². The average molecular weight is 222 g/mol. The Hall–Kier alpha value is -2.02. The minimum atomic E-state index is 0.689. The molecule has 17 heavy (non-hydrogen) atoms. The Morgan fingerprint density at radius 1 is 1.06 bits per heavy atom. The van der Waals surface area contributed by atoms with Crippen LogP contribution in [0.15, 0.2) is 48.5 Å². The fraction of sp³-hybridized carbons (Fsp3) is 0.125. The molecule has 1 aliphatic heterocycles. The Bertz CT molecular complexity index is 567. The monoisotopic (exact) mass is 222 g/mol. The summed E-state index contributed by atoms with van der Waals surface area (Å²) in [6, 6.07) is 16.8. The third-order valence-electron chi connectivity index (χ3n) is 3.01. The highest BCUT2D eigenvalue weighted by atomic mass is 16.5. The molecule has 0 aromatic heterocycles. The topological polar surface area (TPSA) is 9.23 Å². The van der Waals surface area contributed by atoms with E-state index in [4.69, 9.17) is 4.74 Å². The Morgan fingerprint density at radius 2 is 1.88 bits per heavy atom. The molecule has 1 heteroatoms. The van der Waals surface area contributed by atoms with Gasteiger partial charge in [-0.3, -0.25) is 0 Å². The summed E-state index contributed by atoms with van der Waals surface area (Å²) < 4.78 is 5.74. The van der Waals surface area contributed by atoms with Gasteiger partial charge in [0, 0.05) is 11.1 Å². The van der Waals surface area contributed by atoms with Gasteiger partial charge in [0.05, 0.1) is 0 Å². The lowest BCUT2D eigenvalue weighted by atomic mass is 10.0. The van der Waals surface area contributed by atoms with Gasteiger partial charge in [0.25, 0.3) is 0 Å². The number of benzene rings is 2. The average Bonchev–Trinajstić information content (AvgIpc) is 2.73. The lowest BCUT2D eigenvalue weighted by Crippen LogP contribution is -1.83. The SMILES string of the molecule is Cc1ccc2c(c1)/C(=C/c1ccccc1)OC2. The van der Waals surface area contributed by atoms with Crippen LogP contribution in [0, 0.1) is 6.92 Å². The van der Waals surface area contributed by atoms with E-state index in [1.54, 1.807) is 0 Å². The number of rotatable bonds is 1. The summed E-state index contributed by atoms with van der Waals surface area (Å²) in [5.41, 5.74) is 4.96. The first-order valence-electron chi connectivity index (χ1n) is 5.82. The lowest BCUT2D eigenvalue weighted by Gasteiger charge is -2.01. The minimum Gasteiger partial charge on any atom is -0.488 e. The second-order valence-corrected chi connectivity index (χ2v) is 4.37. The molecule has 1 nitrogen and oxygen atoms in total. The van der Waals surface area contributed by atoms with E-state index in [2.05, 4.69) is 43.3 Å². The molecular formula is C16H14O. The van der Waals surface area contributed by atoms with Crippen molar-refractivity contribution in [1.29, 1.82) is 0 Å². The van der Waals surface area contributed by atoms with E-state index >= 15 is 0 Å². The van der Waals surface area contributed by atoms with Crippen molar-refractivity contribution in [2.45, 2.75) is 13.5 Å².